The first-order valence-electron chi connectivity index (χ1n) is 9.23. The van der Waals surface area contributed by atoms with E-state index < -0.39 is 6.55 Å². The van der Waals surface area contributed by atoms with Crippen molar-refractivity contribution < 1.29 is 18.4 Å². The van der Waals surface area contributed by atoms with Gasteiger partial charge in [-0.2, -0.15) is 8.78 Å². The number of thiophene rings is 1. The number of anilines is 1. The second kappa shape index (κ2) is 7.96. The molecule has 0 spiro atoms. The molecule has 1 aliphatic carbocycles. The predicted molar refractivity (Wildman–Crippen MR) is 100 cm³/mol. The third-order valence-corrected chi connectivity index (χ3v) is 5.98. The van der Waals surface area contributed by atoms with Crippen LogP contribution in [0.5, 0.6) is 0 Å². The molecule has 150 valence electrons. The van der Waals surface area contributed by atoms with Crippen molar-refractivity contribution in [3.63, 3.8) is 0 Å². The highest BCUT2D eigenvalue weighted by molar-refractivity contribution is 7.18. The highest BCUT2D eigenvalue weighted by atomic mass is 32.1. The van der Waals surface area contributed by atoms with Crippen molar-refractivity contribution in [2.45, 2.75) is 25.9 Å². The van der Waals surface area contributed by atoms with Gasteiger partial charge in [0.15, 0.2) is 0 Å². The van der Waals surface area contributed by atoms with E-state index in [1.54, 1.807) is 17.0 Å². The van der Waals surface area contributed by atoms with E-state index in [1.165, 1.54) is 23.7 Å². The largest absolute Gasteiger partial charge is 0.335 e. The molecule has 4 rings (SSSR count). The van der Waals surface area contributed by atoms with E-state index in [9.17, 15) is 18.4 Å². The summed E-state index contributed by atoms with van der Waals surface area (Å²) >= 11 is 1.28. The molecule has 28 heavy (non-hydrogen) atoms. The summed E-state index contributed by atoms with van der Waals surface area (Å²) in [5.41, 5.74) is 0. The van der Waals surface area contributed by atoms with Crippen LogP contribution in [0.1, 0.15) is 34.9 Å². The van der Waals surface area contributed by atoms with Crippen LogP contribution >= 0.6 is 11.3 Å². The molecule has 1 saturated carbocycles. The van der Waals surface area contributed by atoms with Crippen LogP contribution in [-0.4, -0.2) is 57.3 Å². The van der Waals surface area contributed by atoms with E-state index in [1.807, 2.05) is 4.90 Å². The summed E-state index contributed by atoms with van der Waals surface area (Å²) in [6, 6.07) is 3.50. The molecule has 2 fully saturated rings. The molecule has 0 radical (unpaired) electrons. The van der Waals surface area contributed by atoms with Crippen LogP contribution in [0.2, 0.25) is 0 Å². The van der Waals surface area contributed by atoms with Gasteiger partial charge in [0.05, 0.1) is 16.4 Å². The minimum Gasteiger partial charge on any atom is -0.335 e. The fourth-order valence-electron chi connectivity index (χ4n) is 3.20. The van der Waals surface area contributed by atoms with Crippen LogP contribution in [-0.2, 0) is 11.3 Å². The molecule has 0 atom stereocenters. The maximum Gasteiger partial charge on any atom is 0.319 e. The number of alkyl halides is 2. The fraction of sp³-hybridized carbons (Fsp3) is 0.500. The van der Waals surface area contributed by atoms with Gasteiger partial charge < -0.3 is 10.2 Å². The van der Waals surface area contributed by atoms with Crippen LogP contribution in [0.15, 0.2) is 24.5 Å². The molecule has 7 nitrogen and oxygen atoms in total. The van der Waals surface area contributed by atoms with Crippen LogP contribution < -0.4 is 5.32 Å². The summed E-state index contributed by atoms with van der Waals surface area (Å²) in [6.45, 7) is -0.0350. The molecular formula is C18H21F2N5O2S. The average molecular weight is 409 g/mol. The van der Waals surface area contributed by atoms with Crippen molar-refractivity contribution in [2.75, 3.05) is 31.5 Å². The summed E-state index contributed by atoms with van der Waals surface area (Å²) in [5.74, 6) is 0.404. The van der Waals surface area contributed by atoms with Gasteiger partial charge in [-0.1, -0.05) is 0 Å². The van der Waals surface area contributed by atoms with E-state index in [0.29, 0.717) is 48.4 Å². The Hall–Kier alpha value is -2.33. The van der Waals surface area contributed by atoms with Gasteiger partial charge in [-0.25, -0.2) is 4.98 Å². The number of aromatic nitrogens is 2. The molecule has 0 unspecified atom stereocenters. The van der Waals surface area contributed by atoms with Crippen LogP contribution in [0.4, 0.5) is 13.8 Å². The standard InChI is InChI=1S/C18H21F2N5O2S/c19-18(20)25-6-5-21-14(25)11-23-7-9-24(10-8-23)17(27)13-3-4-15(28-13)22-16(26)12-1-2-12/h3-6,12,18H,1-2,7-11H2,(H,22,26). The normalized spacial score (nSPS) is 17.9. The second-order valence-electron chi connectivity index (χ2n) is 7.02. The van der Waals surface area contributed by atoms with E-state index in [-0.39, 0.29) is 17.7 Å². The van der Waals surface area contributed by atoms with Gasteiger partial charge in [0.2, 0.25) is 5.91 Å². The summed E-state index contributed by atoms with van der Waals surface area (Å²) in [6.07, 6.45) is 4.52. The molecule has 0 aromatic carbocycles. The monoisotopic (exact) mass is 409 g/mol. The molecule has 2 amide bonds. The molecule has 1 aliphatic heterocycles. The first-order chi connectivity index (χ1) is 13.5. The summed E-state index contributed by atoms with van der Waals surface area (Å²) < 4.78 is 26.7. The lowest BCUT2D eigenvalue weighted by molar-refractivity contribution is -0.117. The Labute approximate surface area is 164 Å². The molecule has 10 heteroatoms. The number of hydrogen-bond acceptors (Lipinski definition) is 5. The zero-order chi connectivity index (χ0) is 19.7. The van der Waals surface area contributed by atoms with E-state index in [4.69, 9.17) is 0 Å². The van der Waals surface area contributed by atoms with Crippen molar-refractivity contribution in [1.29, 1.82) is 0 Å². The highest BCUT2D eigenvalue weighted by Crippen LogP contribution is 2.32. The maximum absolute atomic E-state index is 12.9. The summed E-state index contributed by atoms with van der Waals surface area (Å²) in [7, 11) is 0. The van der Waals surface area contributed by atoms with E-state index in [0.717, 1.165) is 17.4 Å². The van der Waals surface area contributed by atoms with Crippen molar-refractivity contribution in [1.82, 2.24) is 19.4 Å². The predicted octanol–water partition coefficient (Wildman–Crippen LogP) is 2.65. The number of carbonyl (C=O) groups excluding carboxylic acids is 2. The molecule has 0 bridgehead atoms. The number of nitrogens with one attached hydrogen (secondary N) is 1. The number of carbonyl (C=O) groups is 2. The average Bonchev–Trinajstić information content (AvgIpc) is 3.26. The number of nitrogens with zero attached hydrogens (tertiary/aromatic N) is 4. The van der Waals surface area contributed by atoms with Gasteiger partial charge in [0.25, 0.3) is 5.91 Å². The summed E-state index contributed by atoms with van der Waals surface area (Å²) in [4.78, 5) is 32.9. The molecule has 1 saturated heterocycles. The topological polar surface area (TPSA) is 70.5 Å². The van der Waals surface area contributed by atoms with Gasteiger partial charge in [0, 0.05) is 44.5 Å². The number of halogens is 2. The number of imidazole rings is 1. The van der Waals surface area contributed by atoms with Gasteiger partial charge >= 0.3 is 6.55 Å². The second-order valence-corrected chi connectivity index (χ2v) is 8.11. The van der Waals surface area contributed by atoms with Crippen LogP contribution in [0.3, 0.4) is 0 Å². The first-order valence-corrected chi connectivity index (χ1v) is 10.0. The van der Waals surface area contributed by atoms with Crippen molar-refractivity contribution >= 4 is 28.2 Å². The number of hydrogen-bond donors (Lipinski definition) is 1. The number of rotatable bonds is 6. The molecule has 2 aliphatic rings. The highest BCUT2D eigenvalue weighted by Gasteiger charge is 2.30. The number of amides is 2. The lowest BCUT2D eigenvalue weighted by Crippen LogP contribution is -2.48. The first kappa shape index (κ1) is 19.0. The Balaban J connectivity index is 1.29. The molecule has 2 aromatic heterocycles. The minimum atomic E-state index is -2.60. The van der Waals surface area contributed by atoms with Gasteiger partial charge in [-0.05, 0) is 25.0 Å². The fourth-order valence-corrected chi connectivity index (χ4v) is 4.08. The third kappa shape index (κ3) is 4.22. The SMILES string of the molecule is O=C(Nc1ccc(C(=O)N2CCN(Cc3nccn3C(F)F)CC2)s1)C1CC1. The Morgan fingerprint density at radius 1 is 1.21 bits per heavy atom. The Morgan fingerprint density at radius 3 is 2.64 bits per heavy atom. The molecule has 1 N–H and O–H groups in total. The number of piperazine rings is 1. The van der Waals surface area contributed by atoms with Crippen molar-refractivity contribution in [2.24, 2.45) is 5.92 Å². The Kier molecular flexibility index (Phi) is 5.40. The van der Waals surface area contributed by atoms with Gasteiger partial charge in [0.1, 0.15) is 5.82 Å². The lowest BCUT2D eigenvalue weighted by atomic mass is 10.3. The Morgan fingerprint density at radius 2 is 1.96 bits per heavy atom. The van der Waals surface area contributed by atoms with E-state index >= 15 is 0 Å². The zero-order valence-electron chi connectivity index (χ0n) is 15.2. The lowest BCUT2D eigenvalue weighted by Gasteiger charge is -2.34. The molecular weight excluding hydrogens is 388 g/mol. The van der Waals surface area contributed by atoms with Gasteiger partial charge in [-0.3, -0.25) is 19.1 Å². The maximum atomic E-state index is 12.9. The minimum absolute atomic E-state index is 0.0246. The quantitative estimate of drug-likeness (QED) is 0.796. The van der Waals surface area contributed by atoms with Crippen molar-refractivity contribution in [3.8, 4) is 0 Å². The van der Waals surface area contributed by atoms with E-state index in [2.05, 4.69) is 10.3 Å². The van der Waals surface area contributed by atoms with Crippen LogP contribution in [0.25, 0.3) is 0 Å². The van der Waals surface area contributed by atoms with Crippen molar-refractivity contribution in [3.05, 3.63) is 35.2 Å². The molecule has 2 aromatic rings. The summed E-state index contributed by atoms with van der Waals surface area (Å²) in [5, 5.41) is 3.55. The third-order valence-electron chi connectivity index (χ3n) is 5.00. The smallest absolute Gasteiger partial charge is 0.319 e. The molecule has 3 heterocycles. The van der Waals surface area contributed by atoms with Gasteiger partial charge in [-0.15, -0.1) is 11.3 Å². The Bertz CT molecular complexity index is 856. The zero-order valence-corrected chi connectivity index (χ0v) is 16.0. The van der Waals surface area contributed by atoms with Crippen LogP contribution in [0, 0.1) is 5.92 Å².